The molecule has 0 radical (unpaired) electrons. The highest BCUT2D eigenvalue weighted by atomic mass is 19.4. The molecule has 3 heterocycles. The second kappa shape index (κ2) is 8.93. The van der Waals surface area contributed by atoms with E-state index in [1.54, 1.807) is 11.0 Å². The molecular formula is C23H23F3N6O2. The van der Waals surface area contributed by atoms with Gasteiger partial charge in [-0.3, -0.25) is 9.59 Å². The van der Waals surface area contributed by atoms with Crippen molar-refractivity contribution in [1.29, 1.82) is 5.26 Å². The van der Waals surface area contributed by atoms with Crippen molar-refractivity contribution in [3.8, 4) is 6.07 Å². The molecule has 2 fully saturated rings. The number of nitrogens with zero attached hydrogens (tertiary/aromatic N) is 5. The van der Waals surface area contributed by atoms with E-state index in [2.05, 4.69) is 15.3 Å². The SMILES string of the molecule is CNC(=O)C1CC2(CCN(c3ccc(C#N)c(C(F)(F)F)c3)CC2)CN1C(=O)c1ccncn1. The van der Waals surface area contributed by atoms with Gasteiger partial charge in [0.05, 0.1) is 17.2 Å². The van der Waals surface area contributed by atoms with Crippen LogP contribution in [0.2, 0.25) is 0 Å². The number of carbonyl (C=O) groups is 2. The zero-order valence-electron chi connectivity index (χ0n) is 18.5. The molecule has 2 saturated heterocycles. The van der Waals surface area contributed by atoms with Gasteiger partial charge in [-0.25, -0.2) is 9.97 Å². The number of likely N-dealkylation sites (tertiary alicyclic amines) is 1. The summed E-state index contributed by atoms with van der Waals surface area (Å²) in [5, 5.41) is 11.7. The van der Waals surface area contributed by atoms with Crippen LogP contribution in [0.3, 0.4) is 0 Å². The quantitative estimate of drug-likeness (QED) is 0.737. The van der Waals surface area contributed by atoms with E-state index in [4.69, 9.17) is 5.26 Å². The average molecular weight is 472 g/mol. The first-order valence-corrected chi connectivity index (χ1v) is 10.8. The molecule has 178 valence electrons. The van der Waals surface area contributed by atoms with Crippen LogP contribution in [0.1, 0.15) is 40.9 Å². The van der Waals surface area contributed by atoms with Gasteiger partial charge in [0.15, 0.2) is 0 Å². The van der Waals surface area contributed by atoms with Gasteiger partial charge in [0.25, 0.3) is 5.91 Å². The van der Waals surface area contributed by atoms with Crippen LogP contribution < -0.4 is 10.2 Å². The molecule has 11 heteroatoms. The van der Waals surface area contributed by atoms with Gasteiger partial charge in [-0.2, -0.15) is 18.4 Å². The monoisotopic (exact) mass is 472 g/mol. The van der Waals surface area contributed by atoms with Crippen molar-refractivity contribution < 1.29 is 22.8 Å². The lowest BCUT2D eigenvalue weighted by atomic mass is 9.76. The van der Waals surface area contributed by atoms with Crippen molar-refractivity contribution in [2.24, 2.45) is 5.41 Å². The summed E-state index contributed by atoms with van der Waals surface area (Å²) in [4.78, 5) is 36.9. The fraction of sp³-hybridized carbons (Fsp3) is 0.435. The first-order chi connectivity index (χ1) is 16.2. The number of halogens is 3. The van der Waals surface area contributed by atoms with Crippen LogP contribution in [0.25, 0.3) is 0 Å². The van der Waals surface area contributed by atoms with Crippen LogP contribution >= 0.6 is 0 Å². The highest BCUT2D eigenvalue weighted by Gasteiger charge is 2.50. The highest BCUT2D eigenvalue weighted by molar-refractivity contribution is 5.96. The molecule has 4 rings (SSSR count). The lowest BCUT2D eigenvalue weighted by Crippen LogP contribution is -2.45. The van der Waals surface area contributed by atoms with E-state index < -0.39 is 23.3 Å². The number of hydrogen-bond donors (Lipinski definition) is 1. The predicted molar refractivity (Wildman–Crippen MR) is 116 cm³/mol. The number of amides is 2. The molecule has 2 amide bonds. The highest BCUT2D eigenvalue weighted by Crippen LogP contribution is 2.45. The molecule has 2 aromatic rings. The lowest BCUT2D eigenvalue weighted by molar-refractivity contribution is -0.137. The number of piperidine rings is 1. The average Bonchev–Trinajstić information content (AvgIpc) is 3.22. The molecule has 0 saturated carbocycles. The number of carbonyl (C=O) groups excluding carboxylic acids is 2. The second-order valence-corrected chi connectivity index (χ2v) is 8.69. The molecule has 1 aromatic heterocycles. The van der Waals surface area contributed by atoms with E-state index in [-0.39, 0.29) is 22.9 Å². The minimum Gasteiger partial charge on any atom is -0.371 e. The van der Waals surface area contributed by atoms with E-state index in [1.807, 2.05) is 4.90 Å². The number of benzene rings is 1. The first-order valence-electron chi connectivity index (χ1n) is 10.8. The van der Waals surface area contributed by atoms with Gasteiger partial charge in [0.1, 0.15) is 18.1 Å². The Labute approximate surface area is 194 Å². The van der Waals surface area contributed by atoms with E-state index in [0.29, 0.717) is 44.6 Å². The standard InChI is InChI=1S/C23H23F3N6O2/c1-28-20(33)19-11-22(13-32(19)21(34)18-4-7-29-14-30-18)5-8-31(9-6-22)16-3-2-15(12-27)17(10-16)23(24,25)26/h2-4,7,10,14,19H,5-6,8-9,11,13H2,1H3,(H,28,33). The largest absolute Gasteiger partial charge is 0.417 e. The summed E-state index contributed by atoms with van der Waals surface area (Å²) in [5.74, 6) is -0.610. The summed E-state index contributed by atoms with van der Waals surface area (Å²) >= 11 is 0. The van der Waals surface area contributed by atoms with Crippen molar-refractivity contribution in [1.82, 2.24) is 20.2 Å². The second-order valence-electron chi connectivity index (χ2n) is 8.69. The molecule has 1 N–H and O–H groups in total. The molecule has 2 aliphatic heterocycles. The van der Waals surface area contributed by atoms with Gasteiger partial charge in [-0.05, 0) is 48.9 Å². The van der Waals surface area contributed by atoms with Crippen molar-refractivity contribution in [3.05, 3.63) is 53.6 Å². The third-order valence-electron chi connectivity index (χ3n) is 6.74. The number of alkyl halides is 3. The van der Waals surface area contributed by atoms with E-state index in [9.17, 15) is 22.8 Å². The van der Waals surface area contributed by atoms with Crippen LogP contribution in [0, 0.1) is 16.7 Å². The van der Waals surface area contributed by atoms with Crippen LogP contribution in [0.15, 0.2) is 36.8 Å². The Hall–Kier alpha value is -3.68. The van der Waals surface area contributed by atoms with Crippen LogP contribution in [0.4, 0.5) is 18.9 Å². The zero-order valence-corrected chi connectivity index (χ0v) is 18.5. The molecule has 0 aliphatic carbocycles. The summed E-state index contributed by atoms with van der Waals surface area (Å²) < 4.78 is 40.1. The predicted octanol–water partition coefficient (Wildman–Crippen LogP) is 2.61. The van der Waals surface area contributed by atoms with Crippen LogP contribution in [-0.4, -0.2) is 59.4 Å². The van der Waals surface area contributed by atoms with Crippen molar-refractivity contribution in [2.45, 2.75) is 31.5 Å². The van der Waals surface area contributed by atoms with Crippen LogP contribution in [-0.2, 0) is 11.0 Å². The fourth-order valence-corrected chi connectivity index (χ4v) is 4.90. The summed E-state index contributed by atoms with van der Waals surface area (Å²) in [6.45, 7) is 1.31. The maximum Gasteiger partial charge on any atom is 0.417 e. The summed E-state index contributed by atoms with van der Waals surface area (Å²) in [6.07, 6.45) is -0.194. The third kappa shape index (κ3) is 4.40. The zero-order chi connectivity index (χ0) is 24.5. The molecule has 1 unspecified atom stereocenters. The molecular weight excluding hydrogens is 449 g/mol. The van der Waals surface area contributed by atoms with Gasteiger partial charge in [-0.1, -0.05) is 0 Å². The Morgan fingerprint density at radius 3 is 2.56 bits per heavy atom. The molecule has 34 heavy (non-hydrogen) atoms. The Balaban J connectivity index is 1.53. The van der Waals surface area contributed by atoms with Gasteiger partial charge >= 0.3 is 6.18 Å². The number of likely N-dealkylation sites (N-methyl/N-ethyl adjacent to an activating group) is 1. The maximum absolute atomic E-state index is 13.4. The smallest absolute Gasteiger partial charge is 0.371 e. The Morgan fingerprint density at radius 1 is 1.24 bits per heavy atom. The van der Waals surface area contributed by atoms with Crippen LogP contribution in [0.5, 0.6) is 0 Å². The first kappa shape index (κ1) is 23.5. The summed E-state index contributed by atoms with van der Waals surface area (Å²) in [6, 6.07) is 6.19. The van der Waals surface area contributed by atoms with Crippen molar-refractivity contribution >= 4 is 17.5 Å². The molecule has 1 aromatic carbocycles. The number of aromatic nitrogens is 2. The normalized spacial score (nSPS) is 19.7. The minimum absolute atomic E-state index is 0.204. The molecule has 0 bridgehead atoms. The van der Waals surface area contributed by atoms with Gasteiger partial charge < -0.3 is 15.1 Å². The van der Waals surface area contributed by atoms with Gasteiger partial charge in [0, 0.05) is 38.6 Å². The lowest BCUT2D eigenvalue weighted by Gasteiger charge is -2.40. The molecule has 1 spiro atoms. The fourth-order valence-electron chi connectivity index (χ4n) is 4.90. The summed E-state index contributed by atoms with van der Waals surface area (Å²) in [5.41, 5.74) is -1.08. The topological polar surface area (TPSA) is 102 Å². The number of nitrogens with one attached hydrogen (secondary N) is 1. The minimum atomic E-state index is -4.62. The molecule has 1 atom stereocenters. The molecule has 8 nitrogen and oxygen atoms in total. The summed E-state index contributed by atoms with van der Waals surface area (Å²) in [7, 11) is 1.52. The Bertz CT molecular complexity index is 1120. The number of nitriles is 1. The van der Waals surface area contributed by atoms with Gasteiger partial charge in [-0.15, -0.1) is 0 Å². The van der Waals surface area contributed by atoms with E-state index in [1.165, 1.54) is 37.8 Å². The van der Waals surface area contributed by atoms with E-state index >= 15 is 0 Å². The number of rotatable bonds is 3. The Kier molecular flexibility index (Phi) is 6.17. The third-order valence-corrected chi connectivity index (χ3v) is 6.74. The van der Waals surface area contributed by atoms with Crippen molar-refractivity contribution in [2.75, 3.05) is 31.6 Å². The number of anilines is 1. The Morgan fingerprint density at radius 2 is 1.97 bits per heavy atom. The molecule has 2 aliphatic rings. The maximum atomic E-state index is 13.4. The van der Waals surface area contributed by atoms with Gasteiger partial charge in [0.2, 0.25) is 5.91 Å². The number of hydrogen-bond acceptors (Lipinski definition) is 6. The van der Waals surface area contributed by atoms with Crippen molar-refractivity contribution in [3.63, 3.8) is 0 Å². The van der Waals surface area contributed by atoms with E-state index in [0.717, 1.165) is 6.07 Å².